The highest BCUT2D eigenvalue weighted by atomic mass is 35.5. The van der Waals surface area contributed by atoms with Crippen LogP contribution in [-0.4, -0.2) is 37.5 Å². The molecule has 1 unspecified atom stereocenters. The summed E-state index contributed by atoms with van der Waals surface area (Å²) in [5.74, 6) is 0.263. The zero-order valence-electron chi connectivity index (χ0n) is 14.2. The summed E-state index contributed by atoms with van der Waals surface area (Å²) in [5, 5.41) is 12.4. The zero-order chi connectivity index (χ0) is 17.9. The minimum atomic E-state index is -1.74. The van der Waals surface area contributed by atoms with Crippen LogP contribution in [0.1, 0.15) is 19.4 Å². The van der Waals surface area contributed by atoms with Gasteiger partial charge >= 0.3 is 5.97 Å². The van der Waals surface area contributed by atoms with Crippen LogP contribution in [0.5, 0.6) is 11.5 Å². The van der Waals surface area contributed by atoms with Crippen LogP contribution in [0.4, 0.5) is 0 Å². The zero-order valence-corrected chi connectivity index (χ0v) is 14.9. The van der Waals surface area contributed by atoms with Gasteiger partial charge in [-0.25, -0.2) is 4.79 Å². The molecule has 24 heavy (non-hydrogen) atoms. The molecule has 0 bridgehead atoms. The maximum absolute atomic E-state index is 12.0. The van der Waals surface area contributed by atoms with Gasteiger partial charge in [-0.15, -0.1) is 0 Å². The van der Waals surface area contributed by atoms with Gasteiger partial charge in [-0.05, 0) is 13.8 Å². The van der Waals surface area contributed by atoms with Gasteiger partial charge in [0.05, 0.1) is 25.8 Å². The molecule has 2 aromatic rings. The number of esters is 1. The van der Waals surface area contributed by atoms with Crippen molar-refractivity contribution in [3.05, 3.63) is 34.9 Å². The van der Waals surface area contributed by atoms with Gasteiger partial charge in [0.1, 0.15) is 11.5 Å². The molecule has 0 aliphatic rings. The first-order valence-electron chi connectivity index (χ1n) is 7.58. The molecule has 0 saturated carbocycles. The first-order valence-corrected chi connectivity index (χ1v) is 7.95. The van der Waals surface area contributed by atoms with Crippen molar-refractivity contribution in [3.63, 3.8) is 0 Å². The van der Waals surface area contributed by atoms with Gasteiger partial charge in [-0.2, -0.15) is 0 Å². The van der Waals surface area contributed by atoms with E-state index in [1.807, 2.05) is 24.3 Å². The SMILES string of the molecule is CCOC(=O)C(C)(O)Cc1c(Cl)c(OC)c2ccccc2c1OC. The Labute approximate surface area is 146 Å². The lowest BCUT2D eigenvalue weighted by molar-refractivity contribution is -0.163. The van der Waals surface area contributed by atoms with Crippen molar-refractivity contribution in [3.8, 4) is 11.5 Å². The minimum absolute atomic E-state index is 0.0605. The van der Waals surface area contributed by atoms with Crippen LogP contribution in [0.3, 0.4) is 0 Å². The molecule has 0 aliphatic carbocycles. The molecule has 5 nitrogen and oxygen atoms in total. The predicted molar refractivity (Wildman–Crippen MR) is 93.0 cm³/mol. The number of halogens is 1. The van der Waals surface area contributed by atoms with Gasteiger partial charge in [0.25, 0.3) is 0 Å². The first kappa shape index (κ1) is 18.4. The molecule has 0 aliphatic heterocycles. The topological polar surface area (TPSA) is 65.0 Å². The summed E-state index contributed by atoms with van der Waals surface area (Å²) in [6.07, 6.45) is -0.0605. The lowest BCUT2D eigenvalue weighted by Crippen LogP contribution is -2.39. The molecule has 0 amide bonds. The van der Waals surface area contributed by atoms with E-state index in [9.17, 15) is 9.90 Å². The summed E-state index contributed by atoms with van der Waals surface area (Å²) in [4.78, 5) is 12.0. The monoisotopic (exact) mass is 352 g/mol. The van der Waals surface area contributed by atoms with Crippen LogP contribution >= 0.6 is 11.6 Å². The van der Waals surface area contributed by atoms with E-state index in [0.29, 0.717) is 22.1 Å². The molecule has 130 valence electrons. The number of hydrogen-bond donors (Lipinski definition) is 1. The van der Waals surface area contributed by atoms with Crippen LogP contribution in [-0.2, 0) is 16.0 Å². The van der Waals surface area contributed by atoms with Crippen molar-refractivity contribution in [2.75, 3.05) is 20.8 Å². The normalized spacial score (nSPS) is 13.4. The number of benzene rings is 2. The Morgan fingerprint density at radius 2 is 1.71 bits per heavy atom. The van der Waals surface area contributed by atoms with Crippen molar-refractivity contribution in [1.82, 2.24) is 0 Å². The Hall–Kier alpha value is -1.98. The third-order valence-corrected chi connectivity index (χ3v) is 4.20. The Balaban J connectivity index is 2.65. The quantitative estimate of drug-likeness (QED) is 0.807. The van der Waals surface area contributed by atoms with Gasteiger partial charge in [-0.1, -0.05) is 35.9 Å². The van der Waals surface area contributed by atoms with Crippen molar-refractivity contribution in [2.45, 2.75) is 25.9 Å². The lowest BCUT2D eigenvalue weighted by atomic mass is 9.93. The Bertz CT molecular complexity index is 755. The first-order chi connectivity index (χ1) is 11.4. The summed E-state index contributed by atoms with van der Waals surface area (Å²) in [6.45, 7) is 3.25. The predicted octanol–water partition coefficient (Wildman–Crippen LogP) is 3.37. The number of rotatable bonds is 6. The van der Waals surface area contributed by atoms with Crippen LogP contribution in [0.2, 0.25) is 5.02 Å². The second-order valence-electron chi connectivity index (χ2n) is 5.58. The molecule has 0 aromatic heterocycles. The molecule has 0 saturated heterocycles. The van der Waals surface area contributed by atoms with Crippen LogP contribution in [0, 0.1) is 0 Å². The van der Waals surface area contributed by atoms with Crippen LogP contribution in [0.25, 0.3) is 10.8 Å². The standard InChI is InChI=1S/C18H21ClO5/c1-5-24-17(20)18(2,21)10-13-14(19)16(23-4)12-9-7-6-8-11(12)15(13)22-3/h6-9,21H,5,10H2,1-4H3. The second kappa shape index (κ2) is 7.28. The summed E-state index contributed by atoms with van der Waals surface area (Å²) in [6, 6.07) is 7.48. The molecule has 2 aromatic carbocycles. The van der Waals surface area contributed by atoms with E-state index >= 15 is 0 Å². The number of aliphatic hydroxyl groups is 1. The Kier molecular flexibility index (Phi) is 5.57. The van der Waals surface area contributed by atoms with E-state index in [1.165, 1.54) is 21.1 Å². The average Bonchev–Trinajstić information content (AvgIpc) is 2.56. The fraction of sp³-hybridized carbons (Fsp3) is 0.389. The van der Waals surface area contributed by atoms with E-state index in [1.54, 1.807) is 6.92 Å². The summed E-state index contributed by atoms with van der Waals surface area (Å²) >= 11 is 6.49. The number of hydrogen-bond acceptors (Lipinski definition) is 5. The van der Waals surface area contributed by atoms with Gasteiger partial charge in [0, 0.05) is 22.8 Å². The Morgan fingerprint density at radius 1 is 1.17 bits per heavy atom. The van der Waals surface area contributed by atoms with Crippen molar-refractivity contribution >= 4 is 28.3 Å². The summed E-state index contributed by atoms with van der Waals surface area (Å²) < 4.78 is 15.9. The molecule has 2 rings (SSSR count). The maximum atomic E-state index is 12.0. The van der Waals surface area contributed by atoms with Crippen LogP contribution < -0.4 is 9.47 Å². The molecular weight excluding hydrogens is 332 g/mol. The third-order valence-electron chi connectivity index (χ3n) is 3.80. The lowest BCUT2D eigenvalue weighted by Gasteiger charge is -2.24. The maximum Gasteiger partial charge on any atom is 0.338 e. The van der Waals surface area contributed by atoms with Gasteiger partial charge in [0.15, 0.2) is 5.60 Å². The highest BCUT2D eigenvalue weighted by Crippen LogP contribution is 2.44. The van der Waals surface area contributed by atoms with Crippen molar-refractivity contribution in [2.24, 2.45) is 0 Å². The van der Waals surface area contributed by atoms with E-state index in [4.69, 9.17) is 25.8 Å². The van der Waals surface area contributed by atoms with E-state index < -0.39 is 11.6 Å². The molecule has 0 spiro atoms. The minimum Gasteiger partial charge on any atom is -0.496 e. The molecule has 6 heteroatoms. The smallest absolute Gasteiger partial charge is 0.338 e. The molecule has 0 radical (unpaired) electrons. The molecule has 0 fully saturated rings. The number of fused-ring (bicyclic) bond motifs is 1. The molecular formula is C18H21ClO5. The van der Waals surface area contributed by atoms with Gasteiger partial charge < -0.3 is 19.3 Å². The average molecular weight is 353 g/mol. The van der Waals surface area contributed by atoms with Gasteiger partial charge in [0.2, 0.25) is 0 Å². The second-order valence-corrected chi connectivity index (χ2v) is 5.95. The van der Waals surface area contributed by atoms with E-state index in [0.717, 1.165) is 10.8 Å². The van der Waals surface area contributed by atoms with E-state index in [2.05, 4.69) is 0 Å². The van der Waals surface area contributed by atoms with Gasteiger partial charge in [-0.3, -0.25) is 0 Å². The fourth-order valence-corrected chi connectivity index (χ4v) is 3.02. The summed E-state index contributed by atoms with van der Waals surface area (Å²) in [7, 11) is 3.04. The highest BCUT2D eigenvalue weighted by Gasteiger charge is 2.35. The van der Waals surface area contributed by atoms with Crippen molar-refractivity contribution in [1.29, 1.82) is 0 Å². The number of methoxy groups -OCH3 is 2. The fourth-order valence-electron chi connectivity index (χ4n) is 2.69. The largest absolute Gasteiger partial charge is 0.496 e. The third kappa shape index (κ3) is 3.28. The number of carbonyl (C=O) groups is 1. The molecule has 1 atom stereocenters. The number of ether oxygens (including phenoxy) is 3. The number of carbonyl (C=O) groups excluding carboxylic acids is 1. The Morgan fingerprint density at radius 3 is 2.21 bits per heavy atom. The molecule has 1 N–H and O–H groups in total. The highest BCUT2D eigenvalue weighted by molar-refractivity contribution is 6.34. The molecule has 0 heterocycles. The van der Waals surface area contributed by atoms with E-state index in [-0.39, 0.29) is 13.0 Å². The van der Waals surface area contributed by atoms with Crippen LogP contribution in [0.15, 0.2) is 24.3 Å². The summed E-state index contributed by atoms with van der Waals surface area (Å²) in [5.41, 5.74) is -1.24. The van der Waals surface area contributed by atoms with Crippen molar-refractivity contribution < 1.29 is 24.1 Å².